The smallest absolute Gasteiger partial charge is 0.220 e. The van der Waals surface area contributed by atoms with Gasteiger partial charge in [0.15, 0.2) is 0 Å². The zero-order valence-corrected chi connectivity index (χ0v) is 13.8. The molecule has 0 radical (unpaired) electrons. The Hall–Kier alpha value is -0.750. The van der Waals surface area contributed by atoms with E-state index in [0.717, 1.165) is 25.8 Å². The molecular weight excluding hydrogens is 288 g/mol. The third-order valence-corrected chi connectivity index (χ3v) is 3.70. The fraction of sp³-hybridized carbons (Fsp3) is 0.867. The van der Waals surface area contributed by atoms with Gasteiger partial charge in [-0.1, -0.05) is 32.1 Å². The SMILES string of the molecule is [NH3+]CCCCCCCCCCC(=O)NC(CCS)C(=O)[O-]. The number of rotatable bonds is 14. The fourth-order valence-corrected chi connectivity index (χ4v) is 2.43. The van der Waals surface area contributed by atoms with Crippen LogP contribution in [0.4, 0.5) is 0 Å². The molecule has 0 aliphatic carbocycles. The third-order valence-electron chi connectivity index (χ3n) is 3.44. The lowest BCUT2D eigenvalue weighted by Gasteiger charge is -2.18. The van der Waals surface area contributed by atoms with E-state index in [1.165, 1.54) is 32.1 Å². The molecule has 5 nitrogen and oxygen atoms in total. The highest BCUT2D eigenvalue weighted by Gasteiger charge is 2.11. The second-order valence-corrected chi connectivity index (χ2v) is 5.83. The van der Waals surface area contributed by atoms with Crippen molar-refractivity contribution in [3.05, 3.63) is 0 Å². The molecule has 0 spiro atoms. The zero-order chi connectivity index (χ0) is 15.9. The summed E-state index contributed by atoms with van der Waals surface area (Å²) in [4.78, 5) is 22.4. The molecule has 0 saturated carbocycles. The molecular formula is C15H30N2O3S. The van der Waals surface area contributed by atoms with Crippen LogP contribution < -0.4 is 16.2 Å². The van der Waals surface area contributed by atoms with Crippen molar-refractivity contribution in [1.29, 1.82) is 0 Å². The summed E-state index contributed by atoms with van der Waals surface area (Å²) in [6.07, 6.45) is 9.86. The highest BCUT2D eigenvalue weighted by atomic mass is 32.1. The molecule has 0 aliphatic rings. The molecule has 0 rings (SSSR count). The van der Waals surface area contributed by atoms with Crippen LogP contribution >= 0.6 is 12.6 Å². The van der Waals surface area contributed by atoms with Gasteiger partial charge in [0.05, 0.1) is 18.6 Å². The Kier molecular flexibility index (Phi) is 13.7. The summed E-state index contributed by atoms with van der Waals surface area (Å²) in [5.41, 5.74) is 3.82. The minimum atomic E-state index is -1.24. The van der Waals surface area contributed by atoms with Gasteiger partial charge in [-0.05, 0) is 31.4 Å². The van der Waals surface area contributed by atoms with E-state index in [1.54, 1.807) is 0 Å². The number of carbonyl (C=O) groups excluding carboxylic acids is 2. The number of quaternary nitrogens is 1. The lowest BCUT2D eigenvalue weighted by Crippen LogP contribution is -2.50. The van der Waals surface area contributed by atoms with Crippen molar-refractivity contribution in [2.75, 3.05) is 12.3 Å². The third kappa shape index (κ3) is 12.7. The summed E-state index contributed by atoms with van der Waals surface area (Å²) in [6.45, 7) is 1.02. The van der Waals surface area contributed by atoms with Gasteiger partial charge in [0.25, 0.3) is 0 Å². The molecule has 0 saturated heterocycles. The van der Waals surface area contributed by atoms with Crippen LogP contribution in [0.3, 0.4) is 0 Å². The summed E-state index contributed by atoms with van der Waals surface area (Å²) in [7, 11) is 0. The first-order valence-corrected chi connectivity index (χ1v) is 8.65. The van der Waals surface area contributed by atoms with E-state index >= 15 is 0 Å². The molecule has 0 heterocycles. The van der Waals surface area contributed by atoms with Gasteiger partial charge >= 0.3 is 0 Å². The number of carboxylic acid groups (broad SMARTS) is 1. The van der Waals surface area contributed by atoms with Crippen molar-refractivity contribution in [2.24, 2.45) is 0 Å². The number of thiol groups is 1. The Morgan fingerprint density at radius 2 is 1.52 bits per heavy atom. The van der Waals surface area contributed by atoms with Gasteiger partial charge < -0.3 is 21.0 Å². The van der Waals surface area contributed by atoms with E-state index < -0.39 is 12.0 Å². The molecule has 1 amide bonds. The molecule has 124 valence electrons. The Morgan fingerprint density at radius 1 is 1.00 bits per heavy atom. The van der Waals surface area contributed by atoms with Crippen molar-refractivity contribution in [3.63, 3.8) is 0 Å². The lowest BCUT2D eigenvalue weighted by atomic mass is 10.1. The van der Waals surface area contributed by atoms with Gasteiger partial charge in [-0.15, -0.1) is 0 Å². The lowest BCUT2D eigenvalue weighted by molar-refractivity contribution is -0.368. The largest absolute Gasteiger partial charge is 0.548 e. The van der Waals surface area contributed by atoms with Crippen LogP contribution in [0, 0.1) is 0 Å². The average molecular weight is 318 g/mol. The summed E-state index contributed by atoms with van der Waals surface area (Å²) >= 11 is 3.97. The molecule has 0 bridgehead atoms. The first-order valence-electron chi connectivity index (χ1n) is 8.02. The molecule has 4 N–H and O–H groups in total. The number of nitrogens with one attached hydrogen (secondary N) is 1. The Morgan fingerprint density at radius 3 is 2.00 bits per heavy atom. The molecule has 0 fully saturated rings. The minimum Gasteiger partial charge on any atom is -0.548 e. The summed E-state index contributed by atoms with van der Waals surface area (Å²) < 4.78 is 0. The number of carboxylic acids is 1. The Balaban J connectivity index is 3.50. The van der Waals surface area contributed by atoms with Crippen molar-refractivity contribution in [1.82, 2.24) is 5.32 Å². The van der Waals surface area contributed by atoms with Gasteiger partial charge in [-0.25, -0.2) is 0 Å². The van der Waals surface area contributed by atoms with E-state index in [9.17, 15) is 14.7 Å². The van der Waals surface area contributed by atoms with Crippen LogP contribution in [0.5, 0.6) is 0 Å². The predicted molar refractivity (Wildman–Crippen MR) is 84.7 cm³/mol. The topological polar surface area (TPSA) is 96.9 Å². The molecule has 0 aliphatic heterocycles. The highest BCUT2D eigenvalue weighted by Crippen LogP contribution is 2.09. The number of aliphatic carboxylic acids is 1. The van der Waals surface area contributed by atoms with Crippen LogP contribution in [0.2, 0.25) is 0 Å². The number of amides is 1. The molecule has 0 aromatic rings. The van der Waals surface area contributed by atoms with Crippen LogP contribution in [0.1, 0.15) is 64.2 Å². The van der Waals surface area contributed by atoms with Gasteiger partial charge in [0.2, 0.25) is 5.91 Å². The van der Waals surface area contributed by atoms with E-state index in [-0.39, 0.29) is 5.91 Å². The number of hydrogen-bond acceptors (Lipinski definition) is 4. The maximum atomic E-state index is 11.6. The Labute approximate surface area is 133 Å². The molecule has 1 unspecified atom stereocenters. The molecule has 6 heteroatoms. The average Bonchev–Trinajstić information content (AvgIpc) is 2.45. The van der Waals surface area contributed by atoms with Crippen molar-refractivity contribution in [2.45, 2.75) is 70.3 Å². The van der Waals surface area contributed by atoms with E-state index in [4.69, 9.17) is 0 Å². The zero-order valence-electron chi connectivity index (χ0n) is 12.9. The quantitative estimate of drug-likeness (QED) is 0.317. The van der Waals surface area contributed by atoms with E-state index in [1.807, 2.05) is 0 Å². The van der Waals surface area contributed by atoms with E-state index in [2.05, 4.69) is 23.7 Å². The van der Waals surface area contributed by atoms with Gasteiger partial charge in [0, 0.05) is 6.42 Å². The molecule has 21 heavy (non-hydrogen) atoms. The summed E-state index contributed by atoms with van der Waals surface area (Å²) in [6, 6.07) is -0.914. The van der Waals surface area contributed by atoms with Gasteiger partial charge in [-0.3, -0.25) is 4.79 Å². The summed E-state index contributed by atoms with van der Waals surface area (Å²) in [5.74, 6) is -1.03. The minimum absolute atomic E-state index is 0.207. The van der Waals surface area contributed by atoms with Gasteiger partial charge in [0.1, 0.15) is 0 Å². The van der Waals surface area contributed by atoms with Crippen molar-refractivity contribution < 1.29 is 20.4 Å². The maximum Gasteiger partial charge on any atom is 0.220 e. The second-order valence-electron chi connectivity index (χ2n) is 5.38. The van der Waals surface area contributed by atoms with Crippen molar-refractivity contribution in [3.8, 4) is 0 Å². The van der Waals surface area contributed by atoms with Crippen molar-refractivity contribution >= 4 is 24.5 Å². The first kappa shape index (κ1) is 20.2. The molecule has 0 aromatic carbocycles. The van der Waals surface area contributed by atoms with Crippen LogP contribution in [0.25, 0.3) is 0 Å². The first-order chi connectivity index (χ1) is 10.1. The highest BCUT2D eigenvalue weighted by molar-refractivity contribution is 7.80. The molecule has 1 atom stereocenters. The van der Waals surface area contributed by atoms with Crippen LogP contribution in [-0.2, 0) is 9.59 Å². The van der Waals surface area contributed by atoms with Crippen LogP contribution in [0.15, 0.2) is 0 Å². The monoisotopic (exact) mass is 318 g/mol. The predicted octanol–water partition coefficient (Wildman–Crippen LogP) is 0.294. The summed E-state index contributed by atoms with van der Waals surface area (Å²) in [5, 5.41) is 13.3. The number of carbonyl (C=O) groups is 2. The van der Waals surface area contributed by atoms with Gasteiger partial charge in [-0.2, -0.15) is 12.6 Å². The van der Waals surface area contributed by atoms with E-state index in [0.29, 0.717) is 18.6 Å². The fourth-order valence-electron chi connectivity index (χ4n) is 2.17. The Bertz CT molecular complexity index is 288. The normalized spacial score (nSPS) is 12.1. The maximum absolute atomic E-state index is 11.6. The molecule has 0 aromatic heterocycles. The number of hydrogen-bond donors (Lipinski definition) is 3. The number of unbranched alkanes of at least 4 members (excludes halogenated alkanes) is 7. The standard InChI is InChI=1S/C15H30N2O3S/c16-11-8-6-4-2-1-3-5-7-9-14(18)17-13(10-12-21)15(19)20/h13,21H,1-12,16H2,(H,17,18)(H,19,20). The second kappa shape index (κ2) is 14.2. The van der Waals surface area contributed by atoms with Crippen LogP contribution in [-0.4, -0.2) is 30.2 Å².